The van der Waals surface area contributed by atoms with Crippen LogP contribution >= 0.6 is 12.2 Å². The molecular formula is C109H135F9N16O13S. The van der Waals surface area contributed by atoms with Crippen LogP contribution in [0.3, 0.4) is 0 Å². The van der Waals surface area contributed by atoms with Crippen molar-refractivity contribution in [3.8, 4) is 6.07 Å². The summed E-state index contributed by atoms with van der Waals surface area (Å²) in [5, 5.41) is 62.0. The third kappa shape index (κ3) is 33.2. The number of ether oxygens (including phenoxy) is 4. The van der Waals surface area contributed by atoms with Crippen LogP contribution in [0.2, 0.25) is 0 Å². The maximum Gasteiger partial charge on any atom is 0.423 e. The lowest BCUT2D eigenvalue weighted by Gasteiger charge is -2.38. The molecule has 0 atom stereocenters. The average molecular weight is 2080 g/mol. The molecule has 8 aromatic carbocycles. The summed E-state index contributed by atoms with van der Waals surface area (Å²) in [6, 6.07) is 47.8. The summed E-state index contributed by atoms with van der Waals surface area (Å²) in [6.45, 7) is 22.3. The van der Waals surface area contributed by atoms with Crippen LogP contribution in [0.25, 0.3) is 0 Å². The normalized spacial score (nSPS) is 20.6. The van der Waals surface area contributed by atoms with Gasteiger partial charge in [0.2, 0.25) is 17.7 Å². The van der Waals surface area contributed by atoms with Gasteiger partial charge in [0.1, 0.15) is 30.4 Å². The molecule has 16 rings (SSSR count). The number of rotatable bonds is 29. The van der Waals surface area contributed by atoms with Crippen molar-refractivity contribution < 1.29 is 87.6 Å². The number of benzene rings is 8. The molecule has 8 fully saturated rings. The van der Waals surface area contributed by atoms with E-state index in [-0.39, 0.29) is 125 Å². The summed E-state index contributed by atoms with van der Waals surface area (Å²) >= 11 is 5.66. The third-order valence-electron chi connectivity index (χ3n) is 29.2. The molecule has 0 bridgehead atoms. The van der Waals surface area contributed by atoms with Crippen LogP contribution in [0.5, 0.6) is 0 Å². The number of hydrogen-bond donors (Lipinski definition) is 6. The lowest BCUT2D eigenvalue weighted by Crippen LogP contribution is -2.50. The van der Waals surface area contributed by atoms with Crippen LogP contribution < -0.4 is 41.7 Å². The number of nitro groups is 3. The zero-order valence-electron chi connectivity index (χ0n) is 84.8. The first-order valence-electron chi connectivity index (χ1n) is 51.1. The Labute approximate surface area is 863 Å². The summed E-state index contributed by atoms with van der Waals surface area (Å²) in [7, 11) is 0. The number of nitrogens with zero attached hydrogens (tertiary/aromatic N) is 10. The van der Waals surface area contributed by atoms with Gasteiger partial charge >= 0.3 is 18.5 Å². The maximum atomic E-state index is 13.3. The minimum atomic E-state index is -4.84. The average Bonchev–Trinajstić information content (AvgIpc) is 0.802. The standard InChI is InChI=1S/C28H35N5O4.C27H32F3N5O6.C27H34F3N3O2.C27H34F3N3OS/c1-19-15-24(4-3-21(19)17-29)30-22-5-8-26(9-6-22)37-18-28(34)32-13-11-23(12-14-32)31-25-7-10-27(33(35)36)20(2)16-25;1-17-14-20(4-8-24(17)34(37)38)32-19-10-12-33(13-11-19)26(36)16-41-22-6-2-18(3-7-22)31-21-5-9-25(35(39)40)23(15-21)27(28,29)30;1-19-3-9-23(10-4-19)32-13-15-33(16-14-32)26(34)18-35-24-11-7-21(8-12-24)31-22-6-5-20(2)25(17-22)27(28,29)30;1-19-3-9-23(10-4-19)32-13-15-33(16-14-32)26(35)18-34-24-11-7-21(8-12-24)31-22-6-5-20(2)25(17-22)27(28,29)30/h3-4,7,10,15-16,22-23,26,30-31H,5-6,8-9,11-14,18H2,1-2H3;4-5,8-9,14-15,18-19,22,31-32H,2-3,6-7,10-13,16H2,1H3;2*3-6,9-10,17,21,24,31H,7-8,11-16,18H2,1-2H3. The Kier molecular flexibility index (Phi) is 39.9. The molecule has 3 amide bonds. The molecule has 4 aliphatic carbocycles. The zero-order chi connectivity index (χ0) is 106. The number of nitro benzene ring substituents is 3. The van der Waals surface area contributed by atoms with Crippen molar-refractivity contribution in [3.63, 3.8) is 0 Å². The molecule has 6 N–H and O–H groups in total. The van der Waals surface area contributed by atoms with Gasteiger partial charge in [0.25, 0.3) is 17.1 Å². The van der Waals surface area contributed by atoms with Crippen molar-refractivity contribution in [2.24, 2.45) is 0 Å². The van der Waals surface area contributed by atoms with E-state index in [0.29, 0.717) is 106 Å². The molecule has 4 saturated carbocycles. The van der Waals surface area contributed by atoms with Gasteiger partial charge in [-0.1, -0.05) is 59.7 Å². The highest BCUT2D eigenvalue weighted by Crippen LogP contribution is 2.42. The van der Waals surface area contributed by atoms with Crippen molar-refractivity contribution in [1.82, 2.24) is 19.6 Å². The van der Waals surface area contributed by atoms with E-state index < -0.39 is 50.8 Å². The van der Waals surface area contributed by atoms with Crippen LogP contribution in [0, 0.1) is 90.1 Å². The number of halogens is 9. The highest BCUT2D eigenvalue weighted by Gasteiger charge is 2.41. The predicted octanol–water partition coefficient (Wildman–Crippen LogP) is 22.2. The van der Waals surface area contributed by atoms with Crippen molar-refractivity contribution in [1.29, 1.82) is 5.26 Å². The number of piperazine rings is 2. The number of alkyl halides is 9. The van der Waals surface area contributed by atoms with Gasteiger partial charge in [0.15, 0.2) is 0 Å². The first-order valence-corrected chi connectivity index (χ1v) is 51.5. The van der Waals surface area contributed by atoms with Crippen LogP contribution in [-0.4, -0.2) is 223 Å². The molecule has 8 aliphatic rings. The van der Waals surface area contributed by atoms with Gasteiger partial charge in [-0.15, -0.1) is 0 Å². The maximum absolute atomic E-state index is 13.3. The summed E-state index contributed by atoms with van der Waals surface area (Å²) in [5.41, 5.74) is 8.95. The molecule has 0 aromatic heterocycles. The fourth-order valence-corrected chi connectivity index (χ4v) is 20.6. The molecule has 148 heavy (non-hydrogen) atoms. The van der Waals surface area contributed by atoms with E-state index in [1.165, 1.54) is 78.8 Å². The topological polar surface area (TPSA) is 333 Å². The lowest BCUT2D eigenvalue weighted by molar-refractivity contribution is -0.388. The molecule has 4 heterocycles. The summed E-state index contributed by atoms with van der Waals surface area (Å²) in [6.07, 6.45) is 2.65. The molecule has 0 spiro atoms. The Bertz CT molecular complexity index is 5680. The molecule has 0 radical (unpaired) electrons. The smallest absolute Gasteiger partial charge is 0.382 e. The summed E-state index contributed by atoms with van der Waals surface area (Å²) in [4.78, 5) is 82.5. The quantitative estimate of drug-likeness (QED) is 0.0110. The van der Waals surface area contributed by atoms with Crippen LogP contribution in [-0.2, 0) is 51.9 Å². The fourth-order valence-electron chi connectivity index (χ4n) is 20.3. The van der Waals surface area contributed by atoms with Crippen LogP contribution in [0.15, 0.2) is 158 Å². The fraction of sp³-hybridized carbons (Fsp3) is 0.514. The minimum Gasteiger partial charge on any atom is -0.382 e. The number of carbonyl (C=O) groups excluding carboxylic acids is 3. The van der Waals surface area contributed by atoms with E-state index in [2.05, 4.69) is 115 Å². The molecule has 39 heteroatoms. The molecule has 4 aliphatic heterocycles. The number of carbonyl (C=O) groups is 3. The van der Waals surface area contributed by atoms with Gasteiger partial charge in [0.05, 0.1) is 68.6 Å². The van der Waals surface area contributed by atoms with Crippen molar-refractivity contribution in [3.05, 3.63) is 249 Å². The van der Waals surface area contributed by atoms with Gasteiger partial charge in [0, 0.05) is 190 Å². The molecule has 4 saturated heterocycles. The van der Waals surface area contributed by atoms with E-state index in [4.69, 9.17) is 36.4 Å². The van der Waals surface area contributed by atoms with Crippen LogP contribution in [0.1, 0.15) is 190 Å². The van der Waals surface area contributed by atoms with E-state index in [1.54, 1.807) is 55.1 Å². The van der Waals surface area contributed by atoms with Crippen molar-refractivity contribution in [2.45, 2.75) is 256 Å². The van der Waals surface area contributed by atoms with E-state index >= 15 is 0 Å². The molecule has 8 aromatic rings. The number of piperidine rings is 2. The van der Waals surface area contributed by atoms with Crippen LogP contribution in [0.4, 0.5) is 102 Å². The number of hydrogen-bond acceptors (Lipinski definition) is 23. The predicted molar refractivity (Wildman–Crippen MR) is 558 cm³/mol. The van der Waals surface area contributed by atoms with Crippen molar-refractivity contribution in [2.75, 3.05) is 147 Å². The first kappa shape index (κ1) is 113. The summed E-state index contributed by atoms with van der Waals surface area (Å²) in [5.74, 6) is -0.0356. The lowest BCUT2D eigenvalue weighted by atomic mass is 9.92. The Morgan fingerprint density at radius 1 is 0.324 bits per heavy atom. The van der Waals surface area contributed by atoms with Crippen molar-refractivity contribution >= 4 is 97.5 Å². The number of nitrogens with one attached hydrogen (secondary N) is 6. The van der Waals surface area contributed by atoms with E-state index in [1.807, 2.05) is 34.9 Å². The largest absolute Gasteiger partial charge is 0.423 e. The molecule has 0 unspecified atom stereocenters. The Morgan fingerprint density at radius 2 is 0.588 bits per heavy atom. The monoisotopic (exact) mass is 2080 g/mol. The minimum absolute atomic E-state index is 0.00889. The second kappa shape index (κ2) is 52.5. The number of amides is 3. The molecular weight excluding hydrogens is 1940 g/mol. The number of likely N-dealkylation sites (tertiary alicyclic amines) is 2. The SMILES string of the molecule is Cc1cc(NC2CCC(OCC(=O)N3CCC(Nc4ccc([N+](=O)[O-])c(C)c4)CC3)CC2)ccc1C#N.Cc1cc(NC2CCN(C(=O)COC3CCC(Nc4ccc([N+](=O)[O-])c(C(F)(F)F)c4)CC3)CC2)ccc1[N+](=O)[O-].Cc1ccc(N2CCN(C(=O)COC3CCC(Nc4ccc(C)c(C(F)(F)F)c4)CC3)CC2)cc1.Cc1ccc(N2CCN(C(=S)COC3CCC(Nc4ccc(C)c(C(F)(F)F)c4)CC3)CC2)cc1. The highest BCUT2D eigenvalue weighted by molar-refractivity contribution is 7.80. The first-order chi connectivity index (χ1) is 70.6. The second-order valence-electron chi connectivity index (χ2n) is 39.9. The van der Waals surface area contributed by atoms with Gasteiger partial charge in [-0.2, -0.15) is 44.8 Å². The Balaban J connectivity index is 0.000000165. The third-order valence-corrected chi connectivity index (χ3v) is 29.5. The Hall–Kier alpha value is -12.6. The number of thiocarbonyl (C=S) groups is 1. The van der Waals surface area contributed by atoms with Gasteiger partial charge < -0.3 is 80.2 Å². The summed E-state index contributed by atoms with van der Waals surface area (Å²) < 4.78 is 143. The highest BCUT2D eigenvalue weighted by atomic mass is 32.1. The molecule has 798 valence electrons. The van der Waals surface area contributed by atoms with Gasteiger partial charge in [-0.05, 0) is 297 Å². The molecule has 29 nitrogen and oxygen atoms in total. The zero-order valence-corrected chi connectivity index (χ0v) is 85.6. The Morgan fingerprint density at radius 3 is 0.885 bits per heavy atom. The number of nitriles is 1. The van der Waals surface area contributed by atoms with E-state index in [9.17, 15) is 84.2 Å². The van der Waals surface area contributed by atoms with Gasteiger partial charge in [-0.25, -0.2) is 0 Å². The van der Waals surface area contributed by atoms with Gasteiger partial charge in [-0.3, -0.25) is 44.7 Å². The number of anilines is 8. The number of aryl methyl sites for hydroxylation is 7. The van der Waals surface area contributed by atoms with E-state index in [0.717, 1.165) is 182 Å². The second-order valence-corrected chi connectivity index (χ2v) is 40.4.